The maximum absolute atomic E-state index is 12.0. The largest absolute Gasteiger partial charge is 0.467 e. The number of hydrogen-bond donors (Lipinski definition) is 1. The first kappa shape index (κ1) is 14.7. The zero-order valence-electron chi connectivity index (χ0n) is 11.1. The minimum Gasteiger partial charge on any atom is -0.467 e. The third kappa shape index (κ3) is 3.84. The quantitative estimate of drug-likeness (QED) is 0.835. The molecule has 0 radical (unpaired) electrons. The zero-order chi connectivity index (χ0) is 13.7. The molecule has 1 unspecified atom stereocenters. The van der Waals surface area contributed by atoms with Gasteiger partial charge in [0.05, 0.1) is 12.7 Å². The minimum atomic E-state index is -0.582. The molecule has 0 aliphatic rings. The van der Waals surface area contributed by atoms with Crippen LogP contribution in [-0.2, 0) is 9.53 Å². The van der Waals surface area contributed by atoms with Crippen LogP contribution < -0.4 is 5.32 Å². The van der Waals surface area contributed by atoms with E-state index in [2.05, 4.69) is 5.32 Å². The number of rotatable bonds is 5. The van der Waals surface area contributed by atoms with Crippen LogP contribution in [0.5, 0.6) is 0 Å². The van der Waals surface area contributed by atoms with Crippen molar-refractivity contribution in [2.75, 3.05) is 7.11 Å². The van der Waals surface area contributed by atoms with Crippen molar-refractivity contribution < 1.29 is 14.3 Å². The third-order valence-corrected chi connectivity index (χ3v) is 3.46. The highest BCUT2D eigenvalue weighted by molar-refractivity contribution is 7.08. The normalized spacial score (nSPS) is 12.3. The maximum Gasteiger partial charge on any atom is 0.328 e. The SMILES string of the molecule is COC(=O)C(CC(C)C)NC(=O)c1cscc1C. The Morgan fingerprint density at radius 3 is 2.50 bits per heavy atom. The number of esters is 1. The van der Waals surface area contributed by atoms with Gasteiger partial charge in [-0.05, 0) is 30.2 Å². The van der Waals surface area contributed by atoms with E-state index in [1.54, 1.807) is 5.38 Å². The average molecular weight is 269 g/mol. The summed E-state index contributed by atoms with van der Waals surface area (Å²) in [5, 5.41) is 6.43. The van der Waals surface area contributed by atoms with Gasteiger partial charge in [0.25, 0.3) is 5.91 Å². The van der Waals surface area contributed by atoms with E-state index < -0.39 is 12.0 Å². The van der Waals surface area contributed by atoms with Crippen molar-refractivity contribution >= 4 is 23.2 Å². The van der Waals surface area contributed by atoms with Crippen molar-refractivity contribution in [3.8, 4) is 0 Å². The Hall–Kier alpha value is -1.36. The topological polar surface area (TPSA) is 55.4 Å². The summed E-state index contributed by atoms with van der Waals surface area (Å²) in [4.78, 5) is 23.6. The van der Waals surface area contributed by atoms with E-state index in [4.69, 9.17) is 4.74 Å². The standard InChI is InChI=1S/C13H19NO3S/c1-8(2)5-11(13(16)17-4)14-12(15)10-7-18-6-9(10)3/h6-8,11H,5H2,1-4H3,(H,14,15). The molecule has 1 atom stereocenters. The molecule has 0 aliphatic carbocycles. The van der Waals surface area contributed by atoms with Crippen molar-refractivity contribution in [1.82, 2.24) is 5.32 Å². The second-order valence-electron chi connectivity index (χ2n) is 4.65. The fourth-order valence-corrected chi connectivity index (χ4v) is 2.49. The first-order valence-corrected chi connectivity index (χ1v) is 6.81. The maximum atomic E-state index is 12.0. The van der Waals surface area contributed by atoms with Gasteiger partial charge in [0.2, 0.25) is 0 Å². The summed E-state index contributed by atoms with van der Waals surface area (Å²) >= 11 is 1.47. The number of ether oxygens (including phenoxy) is 1. The number of amides is 1. The molecule has 1 amide bonds. The predicted molar refractivity (Wildman–Crippen MR) is 71.8 cm³/mol. The lowest BCUT2D eigenvalue weighted by molar-refractivity contribution is -0.143. The van der Waals surface area contributed by atoms with E-state index in [9.17, 15) is 9.59 Å². The summed E-state index contributed by atoms with van der Waals surface area (Å²) in [5.74, 6) is -0.312. The molecule has 18 heavy (non-hydrogen) atoms. The van der Waals surface area contributed by atoms with Gasteiger partial charge in [-0.3, -0.25) is 4.79 Å². The van der Waals surface area contributed by atoms with Crippen LogP contribution in [0.1, 0.15) is 36.2 Å². The van der Waals surface area contributed by atoms with Crippen molar-refractivity contribution in [3.63, 3.8) is 0 Å². The Kier molecular flexibility index (Phi) is 5.34. The van der Waals surface area contributed by atoms with E-state index in [1.165, 1.54) is 18.4 Å². The molecule has 0 spiro atoms. The number of aryl methyl sites for hydroxylation is 1. The van der Waals surface area contributed by atoms with Crippen molar-refractivity contribution in [3.05, 3.63) is 21.9 Å². The van der Waals surface area contributed by atoms with Gasteiger partial charge >= 0.3 is 5.97 Å². The van der Waals surface area contributed by atoms with Gasteiger partial charge in [0.15, 0.2) is 0 Å². The molecule has 5 heteroatoms. The fourth-order valence-electron chi connectivity index (χ4n) is 1.66. The summed E-state index contributed by atoms with van der Waals surface area (Å²) in [6.07, 6.45) is 0.571. The van der Waals surface area contributed by atoms with Crippen molar-refractivity contribution in [1.29, 1.82) is 0 Å². The minimum absolute atomic E-state index is 0.218. The lowest BCUT2D eigenvalue weighted by Gasteiger charge is -2.18. The number of nitrogens with one attached hydrogen (secondary N) is 1. The first-order chi connectivity index (χ1) is 8.45. The molecule has 0 saturated carbocycles. The number of methoxy groups -OCH3 is 1. The van der Waals surface area contributed by atoms with Crippen LogP contribution in [0.2, 0.25) is 0 Å². The van der Waals surface area contributed by atoms with Crippen molar-refractivity contribution in [2.24, 2.45) is 5.92 Å². The highest BCUT2D eigenvalue weighted by Crippen LogP contribution is 2.14. The number of hydrogen-bond acceptors (Lipinski definition) is 4. The molecule has 4 nitrogen and oxygen atoms in total. The summed E-state index contributed by atoms with van der Waals surface area (Å²) < 4.78 is 4.71. The highest BCUT2D eigenvalue weighted by Gasteiger charge is 2.23. The Morgan fingerprint density at radius 1 is 1.39 bits per heavy atom. The lowest BCUT2D eigenvalue weighted by Crippen LogP contribution is -2.42. The van der Waals surface area contributed by atoms with E-state index >= 15 is 0 Å². The zero-order valence-corrected chi connectivity index (χ0v) is 12.0. The number of carbonyl (C=O) groups is 2. The Morgan fingerprint density at radius 2 is 2.06 bits per heavy atom. The molecule has 1 aromatic heterocycles. The molecule has 0 bridgehead atoms. The molecular formula is C13H19NO3S. The van der Waals surface area contributed by atoms with Gasteiger partial charge in [-0.25, -0.2) is 4.79 Å². The molecule has 1 rings (SSSR count). The van der Waals surface area contributed by atoms with Crippen LogP contribution in [0.4, 0.5) is 0 Å². The predicted octanol–water partition coefficient (Wildman–Crippen LogP) is 2.37. The highest BCUT2D eigenvalue weighted by atomic mass is 32.1. The van der Waals surface area contributed by atoms with Gasteiger partial charge in [-0.2, -0.15) is 11.3 Å². The smallest absolute Gasteiger partial charge is 0.328 e. The van der Waals surface area contributed by atoms with Gasteiger partial charge < -0.3 is 10.1 Å². The van der Waals surface area contributed by atoms with E-state index in [0.29, 0.717) is 17.9 Å². The molecule has 0 aromatic carbocycles. The Labute approximate surface area is 111 Å². The lowest BCUT2D eigenvalue weighted by atomic mass is 10.0. The molecular weight excluding hydrogens is 250 g/mol. The molecule has 1 heterocycles. The van der Waals surface area contributed by atoms with Gasteiger partial charge in [0.1, 0.15) is 6.04 Å². The molecule has 1 aromatic rings. The number of thiophene rings is 1. The van der Waals surface area contributed by atoms with E-state index in [1.807, 2.05) is 26.2 Å². The summed E-state index contributed by atoms with van der Waals surface area (Å²) in [6, 6.07) is -0.582. The molecule has 0 fully saturated rings. The molecule has 1 N–H and O–H groups in total. The van der Waals surface area contributed by atoms with Crippen LogP contribution in [0.15, 0.2) is 10.8 Å². The fraction of sp³-hybridized carbons (Fsp3) is 0.538. The summed E-state index contributed by atoms with van der Waals surface area (Å²) in [7, 11) is 1.33. The average Bonchev–Trinajstić information content (AvgIpc) is 2.73. The van der Waals surface area contributed by atoms with Crippen molar-refractivity contribution in [2.45, 2.75) is 33.2 Å². The van der Waals surface area contributed by atoms with Crippen LogP contribution >= 0.6 is 11.3 Å². The molecule has 100 valence electrons. The molecule has 0 aliphatic heterocycles. The van der Waals surface area contributed by atoms with Crippen LogP contribution in [0, 0.1) is 12.8 Å². The summed E-state index contributed by atoms with van der Waals surface area (Å²) in [6.45, 7) is 5.87. The third-order valence-electron chi connectivity index (χ3n) is 2.60. The summed E-state index contributed by atoms with van der Waals surface area (Å²) in [5.41, 5.74) is 1.54. The molecule has 0 saturated heterocycles. The second-order valence-corrected chi connectivity index (χ2v) is 5.39. The monoisotopic (exact) mass is 269 g/mol. The van der Waals surface area contributed by atoms with Crippen LogP contribution in [0.25, 0.3) is 0 Å². The van der Waals surface area contributed by atoms with Gasteiger partial charge in [0, 0.05) is 5.38 Å². The van der Waals surface area contributed by atoms with Crippen LogP contribution in [0.3, 0.4) is 0 Å². The van der Waals surface area contributed by atoms with E-state index in [0.717, 1.165) is 5.56 Å². The first-order valence-electron chi connectivity index (χ1n) is 5.87. The van der Waals surface area contributed by atoms with Crippen LogP contribution in [-0.4, -0.2) is 25.0 Å². The Bertz CT molecular complexity index is 426. The van der Waals surface area contributed by atoms with Gasteiger partial charge in [-0.1, -0.05) is 13.8 Å². The van der Waals surface area contributed by atoms with E-state index in [-0.39, 0.29) is 5.91 Å². The second kappa shape index (κ2) is 6.54. The number of carbonyl (C=O) groups excluding carboxylic acids is 2. The Balaban J connectivity index is 2.74. The van der Waals surface area contributed by atoms with Gasteiger partial charge in [-0.15, -0.1) is 0 Å².